The molecule has 0 aliphatic heterocycles. The van der Waals surface area contributed by atoms with E-state index in [1.165, 1.54) is 28.2 Å². The number of rotatable bonds is 9. The molecule has 2 aromatic carbocycles. The van der Waals surface area contributed by atoms with Gasteiger partial charge in [-0.25, -0.2) is 0 Å². The molecule has 0 spiro atoms. The molecule has 3 rings (SSSR count). The summed E-state index contributed by atoms with van der Waals surface area (Å²) in [5.41, 5.74) is 11.8. The zero-order valence-corrected chi connectivity index (χ0v) is 17.3. The molecule has 29 heavy (non-hydrogen) atoms. The second-order valence-electron chi connectivity index (χ2n) is 7.82. The van der Waals surface area contributed by atoms with Crippen molar-refractivity contribution >= 4 is 5.91 Å². The standard InChI is InChI=1S/C26H29N2O/c1-19-5-9-21(10-6-19)11-14-24(17-26(27)29)25(16-22-4-3-15-28-18-22)23-12-7-20(2)8-13-23/h3-10,12-13,15,18,25H,11,14,16-17H2,1-2H3,(H2,27,29). The molecule has 1 unspecified atom stereocenters. The van der Waals surface area contributed by atoms with Gasteiger partial charge in [0.1, 0.15) is 0 Å². The molecule has 3 nitrogen and oxygen atoms in total. The van der Waals surface area contributed by atoms with Crippen LogP contribution in [-0.2, 0) is 17.6 Å². The van der Waals surface area contributed by atoms with Crippen LogP contribution in [-0.4, -0.2) is 10.9 Å². The molecule has 0 aliphatic carbocycles. The molecule has 3 heteroatoms. The van der Waals surface area contributed by atoms with Gasteiger partial charge in [0.05, 0.1) is 0 Å². The normalized spacial score (nSPS) is 12.1. The summed E-state index contributed by atoms with van der Waals surface area (Å²) in [4.78, 5) is 16.2. The van der Waals surface area contributed by atoms with Crippen molar-refractivity contribution in [1.82, 2.24) is 4.98 Å². The number of aryl methyl sites for hydroxylation is 3. The van der Waals surface area contributed by atoms with Crippen LogP contribution >= 0.6 is 0 Å². The van der Waals surface area contributed by atoms with Crippen molar-refractivity contribution < 1.29 is 4.79 Å². The van der Waals surface area contributed by atoms with Gasteiger partial charge in [-0.1, -0.05) is 65.7 Å². The Kier molecular flexibility index (Phi) is 7.18. The summed E-state index contributed by atoms with van der Waals surface area (Å²) < 4.78 is 0. The van der Waals surface area contributed by atoms with E-state index in [2.05, 4.69) is 73.4 Å². The van der Waals surface area contributed by atoms with Crippen molar-refractivity contribution in [2.75, 3.05) is 0 Å². The molecule has 1 amide bonds. The minimum atomic E-state index is -0.271. The van der Waals surface area contributed by atoms with Crippen LogP contribution in [0.15, 0.2) is 73.1 Å². The minimum absolute atomic E-state index is 0.137. The molecule has 3 aromatic rings. The van der Waals surface area contributed by atoms with Gasteiger partial charge in [-0.05, 0) is 67.7 Å². The second-order valence-corrected chi connectivity index (χ2v) is 7.82. The Morgan fingerprint density at radius 2 is 1.59 bits per heavy atom. The SMILES string of the molecule is Cc1ccc(CC[C](CC(N)=O)C(Cc2cccnc2)c2ccc(C)cc2)cc1. The van der Waals surface area contributed by atoms with E-state index in [-0.39, 0.29) is 11.8 Å². The van der Waals surface area contributed by atoms with E-state index in [1.54, 1.807) is 6.20 Å². The average molecular weight is 386 g/mol. The maximum atomic E-state index is 11.9. The molecule has 0 aliphatic rings. The van der Waals surface area contributed by atoms with E-state index in [9.17, 15) is 4.79 Å². The van der Waals surface area contributed by atoms with Crippen molar-refractivity contribution in [2.24, 2.45) is 5.73 Å². The number of pyridine rings is 1. The van der Waals surface area contributed by atoms with Crippen molar-refractivity contribution in [3.8, 4) is 0 Å². The fourth-order valence-electron chi connectivity index (χ4n) is 3.72. The Balaban J connectivity index is 1.87. The fraction of sp³-hybridized carbons (Fsp3) is 0.269. The van der Waals surface area contributed by atoms with Crippen molar-refractivity contribution in [3.63, 3.8) is 0 Å². The summed E-state index contributed by atoms with van der Waals surface area (Å²) in [6, 6.07) is 21.3. The molecule has 1 heterocycles. The number of benzene rings is 2. The Hall–Kier alpha value is -2.94. The average Bonchev–Trinajstić information content (AvgIpc) is 2.72. The third-order valence-electron chi connectivity index (χ3n) is 5.39. The number of aromatic nitrogens is 1. The molecule has 1 atom stereocenters. The third kappa shape index (κ3) is 6.28. The highest BCUT2D eigenvalue weighted by atomic mass is 16.1. The summed E-state index contributed by atoms with van der Waals surface area (Å²) >= 11 is 0. The first-order chi connectivity index (χ1) is 14.0. The smallest absolute Gasteiger partial charge is 0.218 e. The molecular weight excluding hydrogens is 356 g/mol. The predicted octanol–water partition coefficient (Wildman–Crippen LogP) is 5.11. The lowest BCUT2D eigenvalue weighted by Crippen LogP contribution is -2.22. The van der Waals surface area contributed by atoms with Crippen LogP contribution in [0.2, 0.25) is 0 Å². The molecule has 2 N–H and O–H groups in total. The Morgan fingerprint density at radius 3 is 2.17 bits per heavy atom. The van der Waals surface area contributed by atoms with Gasteiger partial charge in [-0.2, -0.15) is 0 Å². The molecule has 0 bridgehead atoms. The van der Waals surface area contributed by atoms with Gasteiger partial charge >= 0.3 is 0 Å². The molecule has 1 aromatic heterocycles. The highest BCUT2D eigenvalue weighted by Gasteiger charge is 2.26. The van der Waals surface area contributed by atoms with Gasteiger partial charge in [0.15, 0.2) is 0 Å². The summed E-state index contributed by atoms with van der Waals surface area (Å²) in [6.45, 7) is 4.18. The summed E-state index contributed by atoms with van der Waals surface area (Å²) in [6.07, 6.45) is 6.56. The summed E-state index contributed by atoms with van der Waals surface area (Å²) in [5, 5.41) is 0. The van der Waals surface area contributed by atoms with Crippen LogP contribution in [0.4, 0.5) is 0 Å². The first-order valence-electron chi connectivity index (χ1n) is 10.1. The Bertz CT molecular complexity index is 902. The maximum absolute atomic E-state index is 11.9. The lowest BCUT2D eigenvalue weighted by atomic mass is 9.77. The van der Waals surface area contributed by atoms with Gasteiger partial charge in [-0.3, -0.25) is 9.78 Å². The van der Waals surface area contributed by atoms with Crippen LogP contribution < -0.4 is 5.73 Å². The van der Waals surface area contributed by atoms with Crippen LogP contribution in [0.25, 0.3) is 0 Å². The Morgan fingerprint density at radius 1 is 0.931 bits per heavy atom. The first-order valence-corrected chi connectivity index (χ1v) is 10.1. The van der Waals surface area contributed by atoms with Gasteiger partial charge in [0, 0.05) is 18.8 Å². The summed E-state index contributed by atoms with van der Waals surface area (Å²) in [5.74, 6) is 1.05. The van der Waals surface area contributed by atoms with E-state index < -0.39 is 0 Å². The van der Waals surface area contributed by atoms with Gasteiger partial charge in [0.2, 0.25) is 5.91 Å². The zero-order chi connectivity index (χ0) is 20.6. The lowest BCUT2D eigenvalue weighted by Gasteiger charge is -2.27. The fourth-order valence-corrected chi connectivity index (χ4v) is 3.72. The van der Waals surface area contributed by atoms with Crippen LogP contribution in [0.1, 0.15) is 46.6 Å². The number of nitrogens with two attached hydrogens (primary N) is 1. The van der Waals surface area contributed by atoms with E-state index in [1.807, 2.05) is 12.3 Å². The minimum Gasteiger partial charge on any atom is -0.370 e. The topological polar surface area (TPSA) is 56.0 Å². The summed E-state index contributed by atoms with van der Waals surface area (Å²) in [7, 11) is 0. The number of carbonyl (C=O) groups is 1. The van der Waals surface area contributed by atoms with Gasteiger partial charge in [0.25, 0.3) is 0 Å². The number of nitrogens with zero attached hydrogens (tertiary/aromatic N) is 1. The maximum Gasteiger partial charge on any atom is 0.218 e. The molecule has 0 fully saturated rings. The van der Waals surface area contributed by atoms with Crippen molar-refractivity contribution in [1.29, 1.82) is 0 Å². The van der Waals surface area contributed by atoms with Crippen LogP contribution in [0, 0.1) is 19.8 Å². The number of carbonyl (C=O) groups excluding carboxylic acids is 1. The monoisotopic (exact) mass is 385 g/mol. The van der Waals surface area contributed by atoms with Crippen LogP contribution in [0.3, 0.4) is 0 Å². The van der Waals surface area contributed by atoms with Crippen LogP contribution in [0.5, 0.6) is 0 Å². The van der Waals surface area contributed by atoms with E-state index >= 15 is 0 Å². The second kappa shape index (κ2) is 10.0. The highest BCUT2D eigenvalue weighted by molar-refractivity contribution is 5.76. The predicted molar refractivity (Wildman–Crippen MR) is 118 cm³/mol. The first kappa shape index (κ1) is 20.8. The van der Waals surface area contributed by atoms with Gasteiger partial charge in [-0.15, -0.1) is 0 Å². The van der Waals surface area contributed by atoms with Crippen molar-refractivity contribution in [2.45, 2.75) is 45.4 Å². The van der Waals surface area contributed by atoms with Crippen molar-refractivity contribution in [3.05, 3.63) is 107 Å². The lowest BCUT2D eigenvalue weighted by molar-refractivity contribution is -0.117. The third-order valence-corrected chi connectivity index (χ3v) is 5.39. The molecular formula is C26H29N2O. The van der Waals surface area contributed by atoms with E-state index in [0.29, 0.717) is 6.42 Å². The largest absolute Gasteiger partial charge is 0.370 e. The number of hydrogen-bond acceptors (Lipinski definition) is 2. The molecule has 0 saturated heterocycles. The van der Waals surface area contributed by atoms with Gasteiger partial charge < -0.3 is 5.73 Å². The highest BCUT2D eigenvalue weighted by Crippen LogP contribution is 2.36. The number of hydrogen-bond donors (Lipinski definition) is 1. The molecule has 1 radical (unpaired) electrons. The van der Waals surface area contributed by atoms with E-state index in [4.69, 9.17) is 5.73 Å². The number of primary amides is 1. The zero-order valence-electron chi connectivity index (χ0n) is 17.3. The number of amides is 1. The van der Waals surface area contributed by atoms with E-state index in [0.717, 1.165) is 24.8 Å². The molecule has 149 valence electrons. The Labute approximate surface area is 174 Å². The quantitative estimate of drug-likeness (QED) is 0.557. The molecule has 0 saturated carbocycles.